The van der Waals surface area contributed by atoms with Crippen molar-refractivity contribution in [3.8, 4) is 0 Å². The van der Waals surface area contributed by atoms with Crippen LogP contribution in [0, 0.1) is 0 Å². The molecule has 1 aliphatic heterocycles. The Hall–Kier alpha value is -2.37. The van der Waals surface area contributed by atoms with E-state index in [2.05, 4.69) is 10.5 Å². The Morgan fingerprint density at radius 3 is 2.76 bits per heavy atom. The molecule has 2 unspecified atom stereocenters. The van der Waals surface area contributed by atoms with Gasteiger partial charge in [-0.25, -0.2) is 4.79 Å². The number of benzene rings is 1. The number of rotatable bonds is 6. The second-order valence-electron chi connectivity index (χ2n) is 5.08. The standard InChI is InChI=1S/C15H18N2O4/c1-10(7-8-11-5-3-2-4-6-11)16-14(18)13-9-12(15(19)20)17-21-13/h2-6,10,13H,7-9H2,1H3,(H,16,18)(H,19,20). The third kappa shape index (κ3) is 4.30. The van der Waals surface area contributed by atoms with Crippen LogP contribution in [0.5, 0.6) is 0 Å². The van der Waals surface area contributed by atoms with Gasteiger partial charge in [0.2, 0.25) is 6.10 Å². The van der Waals surface area contributed by atoms with Gasteiger partial charge in [-0.05, 0) is 25.3 Å². The minimum atomic E-state index is -1.15. The summed E-state index contributed by atoms with van der Waals surface area (Å²) in [6, 6.07) is 10.00. The Labute approximate surface area is 122 Å². The molecule has 0 bridgehead atoms. The lowest BCUT2D eigenvalue weighted by Gasteiger charge is -2.16. The van der Waals surface area contributed by atoms with Gasteiger partial charge in [0.25, 0.3) is 5.91 Å². The lowest BCUT2D eigenvalue weighted by molar-refractivity contribution is -0.131. The first-order valence-corrected chi connectivity index (χ1v) is 6.86. The van der Waals surface area contributed by atoms with E-state index in [1.165, 1.54) is 5.56 Å². The molecular formula is C15H18N2O4. The second-order valence-corrected chi connectivity index (χ2v) is 5.08. The highest BCUT2D eigenvalue weighted by Crippen LogP contribution is 2.12. The Morgan fingerprint density at radius 1 is 1.43 bits per heavy atom. The van der Waals surface area contributed by atoms with Crippen LogP contribution >= 0.6 is 0 Å². The molecule has 0 aliphatic carbocycles. The summed E-state index contributed by atoms with van der Waals surface area (Å²) in [5.74, 6) is -1.47. The van der Waals surface area contributed by atoms with Gasteiger partial charge in [-0.1, -0.05) is 35.5 Å². The lowest BCUT2D eigenvalue weighted by atomic mass is 10.1. The predicted molar refractivity (Wildman–Crippen MR) is 76.9 cm³/mol. The third-order valence-corrected chi connectivity index (χ3v) is 3.31. The van der Waals surface area contributed by atoms with E-state index < -0.39 is 12.1 Å². The SMILES string of the molecule is CC(CCc1ccccc1)NC(=O)C1CC(C(=O)O)=NO1. The smallest absolute Gasteiger partial charge is 0.353 e. The molecule has 1 aromatic carbocycles. The molecule has 1 aromatic rings. The number of carbonyl (C=O) groups excluding carboxylic acids is 1. The highest BCUT2D eigenvalue weighted by Gasteiger charge is 2.31. The number of amides is 1. The van der Waals surface area contributed by atoms with Crippen LogP contribution in [0.15, 0.2) is 35.5 Å². The van der Waals surface area contributed by atoms with E-state index in [1.807, 2.05) is 37.3 Å². The largest absolute Gasteiger partial charge is 0.477 e. The highest BCUT2D eigenvalue weighted by atomic mass is 16.6. The van der Waals surface area contributed by atoms with E-state index in [0.29, 0.717) is 0 Å². The summed E-state index contributed by atoms with van der Waals surface area (Å²) < 4.78 is 0. The number of nitrogens with one attached hydrogen (secondary N) is 1. The molecule has 0 spiro atoms. The van der Waals surface area contributed by atoms with Gasteiger partial charge in [-0.15, -0.1) is 0 Å². The first-order chi connectivity index (χ1) is 10.1. The number of hydrogen-bond donors (Lipinski definition) is 2. The number of hydrogen-bond acceptors (Lipinski definition) is 4. The zero-order valence-electron chi connectivity index (χ0n) is 11.8. The fourth-order valence-electron chi connectivity index (χ4n) is 2.08. The van der Waals surface area contributed by atoms with Crippen molar-refractivity contribution in [3.63, 3.8) is 0 Å². The minimum Gasteiger partial charge on any atom is -0.477 e. The summed E-state index contributed by atoms with van der Waals surface area (Å²) in [6.45, 7) is 1.91. The van der Waals surface area contributed by atoms with Crippen LogP contribution in [0.25, 0.3) is 0 Å². The lowest BCUT2D eigenvalue weighted by Crippen LogP contribution is -2.40. The normalized spacial score (nSPS) is 18.5. The maximum atomic E-state index is 11.9. The van der Waals surface area contributed by atoms with Crippen molar-refractivity contribution in [3.05, 3.63) is 35.9 Å². The molecule has 0 saturated carbocycles. The van der Waals surface area contributed by atoms with Crippen LogP contribution in [0.4, 0.5) is 0 Å². The summed E-state index contributed by atoms with van der Waals surface area (Å²) >= 11 is 0. The Morgan fingerprint density at radius 2 is 2.14 bits per heavy atom. The van der Waals surface area contributed by atoms with Crippen LogP contribution in [-0.2, 0) is 20.8 Å². The van der Waals surface area contributed by atoms with E-state index in [-0.39, 0.29) is 24.1 Å². The summed E-state index contributed by atoms with van der Waals surface area (Å²) in [4.78, 5) is 27.5. The Bertz CT molecular complexity index is 542. The average Bonchev–Trinajstić information content (AvgIpc) is 2.96. The molecule has 112 valence electrons. The van der Waals surface area contributed by atoms with Gasteiger partial charge in [0.1, 0.15) is 0 Å². The fraction of sp³-hybridized carbons (Fsp3) is 0.400. The first-order valence-electron chi connectivity index (χ1n) is 6.86. The van der Waals surface area contributed by atoms with Crippen molar-refractivity contribution in [1.29, 1.82) is 0 Å². The van der Waals surface area contributed by atoms with E-state index in [4.69, 9.17) is 9.94 Å². The van der Waals surface area contributed by atoms with E-state index in [0.717, 1.165) is 12.8 Å². The number of carboxylic acids is 1. The van der Waals surface area contributed by atoms with Crippen molar-refractivity contribution in [2.45, 2.75) is 38.3 Å². The molecule has 21 heavy (non-hydrogen) atoms. The Kier molecular flexibility index (Phi) is 4.92. The quantitative estimate of drug-likeness (QED) is 0.828. The average molecular weight is 290 g/mol. The molecule has 2 N–H and O–H groups in total. The fourth-order valence-corrected chi connectivity index (χ4v) is 2.08. The predicted octanol–water partition coefficient (Wildman–Crippen LogP) is 1.35. The molecule has 1 aliphatic rings. The number of aliphatic carboxylic acids is 1. The summed E-state index contributed by atoms with van der Waals surface area (Å²) in [5.41, 5.74) is 1.10. The minimum absolute atomic E-state index is 0.00652. The second kappa shape index (κ2) is 6.88. The van der Waals surface area contributed by atoms with Crippen LogP contribution in [0.3, 0.4) is 0 Å². The molecule has 2 rings (SSSR count). The molecular weight excluding hydrogens is 272 g/mol. The van der Waals surface area contributed by atoms with Crippen molar-refractivity contribution in [2.24, 2.45) is 5.16 Å². The summed E-state index contributed by atoms with van der Waals surface area (Å²) in [7, 11) is 0. The number of aryl methyl sites for hydroxylation is 1. The molecule has 0 aromatic heterocycles. The number of oxime groups is 1. The van der Waals surface area contributed by atoms with Crippen molar-refractivity contribution in [1.82, 2.24) is 5.32 Å². The van der Waals surface area contributed by atoms with Gasteiger partial charge in [0.05, 0.1) is 0 Å². The zero-order valence-corrected chi connectivity index (χ0v) is 11.8. The number of nitrogens with zero attached hydrogens (tertiary/aromatic N) is 1. The van der Waals surface area contributed by atoms with Crippen molar-refractivity contribution >= 4 is 17.6 Å². The number of carboxylic acid groups (broad SMARTS) is 1. The monoisotopic (exact) mass is 290 g/mol. The molecule has 0 fully saturated rings. The van der Waals surface area contributed by atoms with Gasteiger partial charge in [-0.2, -0.15) is 0 Å². The molecule has 1 amide bonds. The Balaban J connectivity index is 1.74. The molecule has 6 heteroatoms. The van der Waals surface area contributed by atoms with Crippen molar-refractivity contribution < 1.29 is 19.5 Å². The van der Waals surface area contributed by atoms with Crippen molar-refractivity contribution in [2.75, 3.05) is 0 Å². The summed E-state index contributed by atoms with van der Waals surface area (Å²) in [6.07, 6.45) is 0.835. The molecule has 1 heterocycles. The van der Waals surface area contributed by atoms with Crippen LogP contribution in [0.1, 0.15) is 25.3 Å². The van der Waals surface area contributed by atoms with E-state index >= 15 is 0 Å². The van der Waals surface area contributed by atoms with Gasteiger partial charge >= 0.3 is 5.97 Å². The maximum Gasteiger partial charge on any atom is 0.353 e. The van der Waals surface area contributed by atoms with Gasteiger partial charge in [0, 0.05) is 12.5 Å². The van der Waals surface area contributed by atoms with Gasteiger partial charge in [-0.3, -0.25) is 4.79 Å². The molecule has 6 nitrogen and oxygen atoms in total. The van der Waals surface area contributed by atoms with E-state index in [9.17, 15) is 9.59 Å². The zero-order chi connectivity index (χ0) is 15.2. The number of carbonyl (C=O) groups is 2. The van der Waals surface area contributed by atoms with Crippen LogP contribution in [0.2, 0.25) is 0 Å². The van der Waals surface area contributed by atoms with Crippen LogP contribution < -0.4 is 5.32 Å². The third-order valence-electron chi connectivity index (χ3n) is 3.31. The van der Waals surface area contributed by atoms with Gasteiger partial charge in [0.15, 0.2) is 5.71 Å². The highest BCUT2D eigenvalue weighted by molar-refractivity contribution is 6.36. The van der Waals surface area contributed by atoms with Crippen LogP contribution in [-0.4, -0.2) is 34.8 Å². The first kappa shape index (κ1) is 15.0. The molecule has 2 atom stereocenters. The topological polar surface area (TPSA) is 88.0 Å². The molecule has 0 saturated heterocycles. The van der Waals surface area contributed by atoms with Gasteiger partial charge < -0.3 is 15.3 Å². The molecule has 0 radical (unpaired) electrons. The maximum absolute atomic E-state index is 11.9. The summed E-state index contributed by atoms with van der Waals surface area (Å²) in [5, 5.41) is 15.0. The van der Waals surface area contributed by atoms with E-state index in [1.54, 1.807) is 0 Å².